The zero-order chi connectivity index (χ0) is 14.5. The van der Waals surface area contributed by atoms with Gasteiger partial charge in [0, 0.05) is 25.9 Å². The minimum Gasteiger partial charge on any atom is -0.396 e. The van der Waals surface area contributed by atoms with Crippen molar-refractivity contribution in [3.8, 4) is 0 Å². The first-order valence-corrected chi connectivity index (χ1v) is 7.72. The number of anilines is 2. The summed E-state index contributed by atoms with van der Waals surface area (Å²) >= 11 is 9.20. The van der Waals surface area contributed by atoms with E-state index in [1.54, 1.807) is 0 Å². The third-order valence-corrected chi connectivity index (χ3v) is 4.71. The van der Waals surface area contributed by atoms with Crippen LogP contribution in [0.3, 0.4) is 0 Å². The van der Waals surface area contributed by atoms with Gasteiger partial charge >= 0.3 is 0 Å². The molecular formula is C12H18BrClN4O2. The number of halogens is 2. The van der Waals surface area contributed by atoms with Crippen molar-refractivity contribution in [2.75, 3.05) is 30.9 Å². The first-order chi connectivity index (χ1) is 9.61. The third-order valence-electron chi connectivity index (χ3n) is 3.43. The van der Waals surface area contributed by atoms with Crippen molar-refractivity contribution in [3.05, 3.63) is 9.63 Å². The first-order valence-electron chi connectivity index (χ1n) is 6.55. The predicted octanol–water partition coefficient (Wildman–Crippen LogP) is 2.06. The van der Waals surface area contributed by atoms with E-state index >= 15 is 0 Å². The number of nitrogens with two attached hydrogens (primary N) is 1. The Kier molecular flexibility index (Phi) is 5.83. The maximum Gasteiger partial charge on any atom is 0.226 e. The summed E-state index contributed by atoms with van der Waals surface area (Å²) in [7, 11) is 0. The maximum atomic E-state index is 9.23. The summed E-state index contributed by atoms with van der Waals surface area (Å²) in [5, 5.41) is 12.7. The molecule has 0 saturated carbocycles. The summed E-state index contributed by atoms with van der Waals surface area (Å²) in [5.74, 6) is 1.10. The van der Waals surface area contributed by atoms with E-state index in [4.69, 9.17) is 22.1 Å². The molecule has 0 aliphatic carbocycles. The molecule has 1 aliphatic rings. The highest BCUT2D eigenvalue weighted by Crippen LogP contribution is 2.28. The highest BCUT2D eigenvalue weighted by molar-refractivity contribution is 9.10. The number of ether oxygens (including phenoxy) is 1. The standard InChI is InChI=1S/C12H18BrClN4O2/c13-9-10(14)17-12(18-11(9)15)16-8(1-4-19)7-2-5-20-6-3-7/h7-8,19H,1-6H2,(H3,15,16,17,18). The van der Waals surface area contributed by atoms with Crippen molar-refractivity contribution in [3.63, 3.8) is 0 Å². The lowest BCUT2D eigenvalue weighted by Crippen LogP contribution is -2.35. The Hall–Kier alpha value is -0.630. The second kappa shape index (κ2) is 7.40. The molecule has 1 unspecified atom stereocenters. The molecule has 1 aromatic rings. The van der Waals surface area contributed by atoms with Gasteiger partial charge in [0.25, 0.3) is 0 Å². The highest BCUT2D eigenvalue weighted by atomic mass is 79.9. The smallest absolute Gasteiger partial charge is 0.226 e. The zero-order valence-electron chi connectivity index (χ0n) is 11.0. The van der Waals surface area contributed by atoms with Crippen molar-refractivity contribution in [1.82, 2.24) is 9.97 Å². The van der Waals surface area contributed by atoms with Gasteiger partial charge in [-0.1, -0.05) is 11.6 Å². The molecule has 6 nitrogen and oxygen atoms in total. The lowest BCUT2D eigenvalue weighted by molar-refractivity contribution is 0.0576. The Balaban J connectivity index is 2.10. The lowest BCUT2D eigenvalue weighted by atomic mass is 9.90. The van der Waals surface area contributed by atoms with Crippen LogP contribution in [0.25, 0.3) is 0 Å². The van der Waals surface area contributed by atoms with Gasteiger partial charge in [-0.25, -0.2) is 0 Å². The number of aliphatic hydroxyl groups excluding tert-OH is 1. The largest absolute Gasteiger partial charge is 0.396 e. The van der Waals surface area contributed by atoms with E-state index < -0.39 is 0 Å². The van der Waals surface area contributed by atoms with Gasteiger partial charge in [0.2, 0.25) is 5.95 Å². The van der Waals surface area contributed by atoms with Gasteiger partial charge in [-0.05, 0) is 41.1 Å². The first kappa shape index (κ1) is 15.8. The molecule has 112 valence electrons. The van der Waals surface area contributed by atoms with Crippen LogP contribution in [0, 0.1) is 5.92 Å². The molecule has 0 amide bonds. The Morgan fingerprint density at radius 1 is 1.45 bits per heavy atom. The number of aromatic nitrogens is 2. The van der Waals surface area contributed by atoms with Gasteiger partial charge in [0.05, 0.1) is 4.47 Å². The van der Waals surface area contributed by atoms with Gasteiger partial charge in [-0.15, -0.1) is 0 Å². The molecule has 2 rings (SSSR count). The number of nitrogen functional groups attached to an aromatic ring is 1. The van der Waals surface area contributed by atoms with E-state index in [1.165, 1.54) is 0 Å². The zero-order valence-corrected chi connectivity index (χ0v) is 13.3. The number of aliphatic hydroxyl groups is 1. The van der Waals surface area contributed by atoms with Gasteiger partial charge in [-0.3, -0.25) is 0 Å². The summed E-state index contributed by atoms with van der Waals surface area (Å²) in [4.78, 5) is 8.32. The molecule has 0 bridgehead atoms. The van der Waals surface area contributed by atoms with Gasteiger partial charge < -0.3 is 20.9 Å². The predicted molar refractivity (Wildman–Crippen MR) is 81.8 cm³/mol. The SMILES string of the molecule is Nc1nc(NC(CCO)C2CCOCC2)nc(Cl)c1Br. The monoisotopic (exact) mass is 364 g/mol. The van der Waals surface area contributed by atoms with Crippen molar-refractivity contribution in [1.29, 1.82) is 0 Å². The van der Waals surface area contributed by atoms with E-state index in [1.807, 2.05) is 0 Å². The Morgan fingerprint density at radius 2 is 2.15 bits per heavy atom. The van der Waals surface area contributed by atoms with Crippen LogP contribution in [-0.4, -0.2) is 40.9 Å². The quantitative estimate of drug-likeness (QED) is 0.692. The number of nitrogens with one attached hydrogen (secondary N) is 1. The van der Waals surface area contributed by atoms with Crippen LogP contribution in [0.5, 0.6) is 0 Å². The molecule has 8 heteroatoms. The van der Waals surface area contributed by atoms with Crippen LogP contribution in [0.2, 0.25) is 5.15 Å². The number of hydrogen-bond acceptors (Lipinski definition) is 6. The molecule has 0 spiro atoms. The Morgan fingerprint density at radius 3 is 2.75 bits per heavy atom. The lowest BCUT2D eigenvalue weighted by Gasteiger charge is -2.30. The molecule has 0 aromatic carbocycles. The summed E-state index contributed by atoms with van der Waals surface area (Å²) < 4.78 is 5.86. The molecule has 0 radical (unpaired) electrons. The maximum absolute atomic E-state index is 9.23. The van der Waals surface area contributed by atoms with Crippen LogP contribution in [-0.2, 0) is 4.74 Å². The molecule has 1 fully saturated rings. The average Bonchev–Trinajstić information content (AvgIpc) is 2.45. The van der Waals surface area contributed by atoms with E-state index in [-0.39, 0.29) is 17.8 Å². The Labute approximate surface area is 131 Å². The van der Waals surface area contributed by atoms with Gasteiger partial charge in [0.15, 0.2) is 5.15 Å². The van der Waals surface area contributed by atoms with Gasteiger partial charge in [-0.2, -0.15) is 9.97 Å². The highest BCUT2D eigenvalue weighted by Gasteiger charge is 2.24. The van der Waals surface area contributed by atoms with Gasteiger partial charge in [0.1, 0.15) is 5.82 Å². The fraction of sp³-hybridized carbons (Fsp3) is 0.667. The van der Waals surface area contributed by atoms with Crippen LogP contribution >= 0.6 is 27.5 Å². The summed E-state index contributed by atoms with van der Waals surface area (Å²) in [6.45, 7) is 1.60. The molecule has 1 aromatic heterocycles. The fourth-order valence-electron chi connectivity index (χ4n) is 2.35. The topological polar surface area (TPSA) is 93.3 Å². The fourth-order valence-corrected chi connectivity index (χ4v) is 2.70. The molecular weight excluding hydrogens is 348 g/mol. The molecule has 1 atom stereocenters. The van der Waals surface area contributed by atoms with Crippen LogP contribution < -0.4 is 11.1 Å². The summed E-state index contributed by atoms with van der Waals surface area (Å²) in [5.41, 5.74) is 5.76. The van der Waals surface area contributed by atoms with E-state index in [0.29, 0.717) is 28.6 Å². The second-order valence-corrected chi connectivity index (χ2v) is 5.90. The normalized spacial score (nSPS) is 17.9. The number of hydrogen-bond donors (Lipinski definition) is 3. The van der Waals surface area contributed by atoms with Crippen molar-refractivity contribution in [2.24, 2.45) is 5.92 Å². The minimum absolute atomic E-state index is 0.0838. The van der Waals surface area contributed by atoms with Crippen LogP contribution in [0.15, 0.2) is 4.47 Å². The average molecular weight is 366 g/mol. The third kappa shape index (κ3) is 3.94. The molecule has 20 heavy (non-hydrogen) atoms. The van der Waals surface area contributed by atoms with Crippen molar-refractivity contribution in [2.45, 2.75) is 25.3 Å². The van der Waals surface area contributed by atoms with Crippen molar-refractivity contribution < 1.29 is 9.84 Å². The van der Waals surface area contributed by atoms with Crippen LogP contribution in [0.1, 0.15) is 19.3 Å². The molecule has 2 heterocycles. The molecule has 4 N–H and O–H groups in total. The second-order valence-electron chi connectivity index (χ2n) is 4.75. The molecule has 1 saturated heterocycles. The van der Waals surface area contributed by atoms with E-state index in [2.05, 4.69) is 31.2 Å². The van der Waals surface area contributed by atoms with E-state index in [0.717, 1.165) is 26.1 Å². The Bertz CT molecular complexity index is 434. The number of rotatable bonds is 5. The minimum atomic E-state index is 0.0838. The molecule has 1 aliphatic heterocycles. The van der Waals surface area contributed by atoms with E-state index in [9.17, 15) is 5.11 Å². The summed E-state index contributed by atoms with van der Waals surface area (Å²) in [6.07, 6.45) is 2.54. The summed E-state index contributed by atoms with van der Waals surface area (Å²) in [6, 6.07) is 0.0838. The van der Waals surface area contributed by atoms with Crippen LogP contribution in [0.4, 0.5) is 11.8 Å². The van der Waals surface area contributed by atoms with Crippen molar-refractivity contribution >= 4 is 39.3 Å². The number of nitrogens with zero attached hydrogens (tertiary/aromatic N) is 2.